The monoisotopic (exact) mass is 397 g/mol. The zero-order valence-electron chi connectivity index (χ0n) is 15.8. The van der Waals surface area contributed by atoms with Gasteiger partial charge in [-0.25, -0.2) is 4.79 Å². The maximum atomic E-state index is 12.4. The van der Waals surface area contributed by atoms with E-state index in [9.17, 15) is 19.2 Å². The normalized spacial score (nSPS) is 20.8. The van der Waals surface area contributed by atoms with Gasteiger partial charge in [-0.15, -0.1) is 0 Å². The molecular weight excluding hydrogens is 378 g/mol. The van der Waals surface area contributed by atoms with Gasteiger partial charge in [0.05, 0.1) is 18.9 Å². The molecule has 0 N–H and O–H groups in total. The van der Waals surface area contributed by atoms with Crippen molar-refractivity contribution in [2.75, 3.05) is 13.7 Å². The number of nitrogens with zero attached hydrogens (tertiary/aromatic N) is 1. The predicted molar refractivity (Wildman–Crippen MR) is 101 cm³/mol. The zero-order valence-corrected chi connectivity index (χ0v) is 15.8. The van der Waals surface area contributed by atoms with Crippen LogP contribution in [-0.2, 0) is 25.7 Å². The van der Waals surface area contributed by atoms with E-state index in [1.165, 1.54) is 13.2 Å². The lowest BCUT2D eigenvalue weighted by Crippen LogP contribution is -2.36. The quantitative estimate of drug-likeness (QED) is 0.328. The van der Waals surface area contributed by atoms with Gasteiger partial charge in [-0.2, -0.15) is 0 Å². The molecule has 29 heavy (non-hydrogen) atoms. The van der Waals surface area contributed by atoms with E-state index in [4.69, 9.17) is 13.9 Å². The molecule has 1 fully saturated rings. The minimum absolute atomic E-state index is 0.183. The number of ether oxygens (including phenoxy) is 2. The molecule has 1 saturated heterocycles. The summed E-state index contributed by atoms with van der Waals surface area (Å²) in [4.78, 5) is 49.9. The van der Waals surface area contributed by atoms with E-state index in [1.54, 1.807) is 18.2 Å². The van der Waals surface area contributed by atoms with Crippen molar-refractivity contribution in [3.05, 3.63) is 52.4 Å². The molecular formula is C21H19NO7. The van der Waals surface area contributed by atoms with Gasteiger partial charge in [0.25, 0.3) is 0 Å². The highest BCUT2D eigenvalue weighted by Gasteiger charge is 2.47. The van der Waals surface area contributed by atoms with Crippen LogP contribution in [-0.4, -0.2) is 36.3 Å². The van der Waals surface area contributed by atoms with E-state index < -0.39 is 30.0 Å². The molecule has 2 aliphatic rings. The van der Waals surface area contributed by atoms with Crippen molar-refractivity contribution in [1.82, 2.24) is 4.90 Å². The number of carbonyl (C=O) groups is 3. The summed E-state index contributed by atoms with van der Waals surface area (Å²) in [6.45, 7) is -0.615. The van der Waals surface area contributed by atoms with Gasteiger partial charge in [0, 0.05) is 23.1 Å². The number of benzene rings is 1. The van der Waals surface area contributed by atoms with Crippen LogP contribution in [0.3, 0.4) is 0 Å². The smallest absolute Gasteiger partial charge is 0.336 e. The molecule has 2 aromatic rings. The lowest BCUT2D eigenvalue weighted by atomic mass is 9.85. The van der Waals surface area contributed by atoms with Crippen LogP contribution in [0.25, 0.3) is 11.0 Å². The second-order valence-electron chi connectivity index (χ2n) is 7.03. The molecule has 1 aliphatic heterocycles. The molecule has 0 radical (unpaired) electrons. The van der Waals surface area contributed by atoms with Gasteiger partial charge in [0.1, 0.15) is 24.5 Å². The second-order valence-corrected chi connectivity index (χ2v) is 7.03. The van der Waals surface area contributed by atoms with Gasteiger partial charge in [-0.1, -0.05) is 12.2 Å². The molecule has 150 valence electrons. The van der Waals surface area contributed by atoms with E-state index in [0.29, 0.717) is 35.1 Å². The van der Waals surface area contributed by atoms with Crippen molar-refractivity contribution in [1.29, 1.82) is 0 Å². The van der Waals surface area contributed by atoms with E-state index in [1.807, 2.05) is 12.2 Å². The minimum Gasteiger partial charge on any atom is -0.497 e. The molecule has 8 nitrogen and oxygen atoms in total. The summed E-state index contributed by atoms with van der Waals surface area (Å²) >= 11 is 0. The number of fused-ring (bicyclic) bond motifs is 2. The maximum Gasteiger partial charge on any atom is 0.336 e. The number of imide groups is 1. The van der Waals surface area contributed by atoms with E-state index in [2.05, 4.69) is 0 Å². The van der Waals surface area contributed by atoms with E-state index >= 15 is 0 Å². The number of likely N-dealkylation sites (tertiary alicyclic amines) is 1. The number of hydrogen-bond donors (Lipinski definition) is 0. The van der Waals surface area contributed by atoms with Crippen molar-refractivity contribution in [3.8, 4) is 5.75 Å². The highest BCUT2D eigenvalue weighted by atomic mass is 16.5. The largest absolute Gasteiger partial charge is 0.497 e. The molecule has 8 heteroatoms. The van der Waals surface area contributed by atoms with Gasteiger partial charge in [-0.05, 0) is 25.0 Å². The Hall–Kier alpha value is -3.42. The van der Waals surface area contributed by atoms with Crippen LogP contribution in [0.4, 0.5) is 0 Å². The maximum absolute atomic E-state index is 12.4. The second kappa shape index (κ2) is 7.54. The number of rotatable bonds is 5. The summed E-state index contributed by atoms with van der Waals surface area (Å²) in [5.41, 5.74) is 0.187. The first-order chi connectivity index (χ1) is 14.0. The van der Waals surface area contributed by atoms with Crippen LogP contribution in [0.2, 0.25) is 0 Å². The van der Waals surface area contributed by atoms with Gasteiger partial charge in [-0.3, -0.25) is 19.3 Å². The van der Waals surface area contributed by atoms with Crippen LogP contribution >= 0.6 is 0 Å². The topological polar surface area (TPSA) is 103 Å². The lowest BCUT2D eigenvalue weighted by molar-refractivity contribution is -0.153. The number of esters is 1. The Kier molecular flexibility index (Phi) is 4.92. The van der Waals surface area contributed by atoms with Gasteiger partial charge in [0.2, 0.25) is 11.8 Å². The fourth-order valence-corrected chi connectivity index (χ4v) is 3.81. The van der Waals surface area contributed by atoms with Crippen molar-refractivity contribution in [2.24, 2.45) is 11.8 Å². The molecule has 0 unspecified atom stereocenters. The highest BCUT2D eigenvalue weighted by molar-refractivity contribution is 6.07. The first-order valence-electron chi connectivity index (χ1n) is 9.24. The lowest BCUT2D eigenvalue weighted by Gasteiger charge is -2.14. The molecule has 0 bridgehead atoms. The third-order valence-electron chi connectivity index (χ3n) is 5.31. The number of hydrogen-bond acceptors (Lipinski definition) is 7. The van der Waals surface area contributed by atoms with Crippen molar-refractivity contribution >= 4 is 28.8 Å². The Bertz CT molecular complexity index is 1060. The van der Waals surface area contributed by atoms with Crippen LogP contribution in [0.15, 0.2) is 45.6 Å². The summed E-state index contributed by atoms with van der Waals surface area (Å²) < 4.78 is 15.5. The molecule has 0 spiro atoms. The number of amides is 2. The fourth-order valence-electron chi connectivity index (χ4n) is 3.81. The van der Waals surface area contributed by atoms with Crippen LogP contribution in [0.1, 0.15) is 18.4 Å². The third kappa shape index (κ3) is 3.53. The molecule has 1 aromatic carbocycles. The Labute approximate surface area is 165 Å². The Morgan fingerprint density at radius 1 is 1.10 bits per heavy atom. The number of allylic oxidation sites excluding steroid dienone is 2. The Morgan fingerprint density at radius 2 is 1.79 bits per heavy atom. The Morgan fingerprint density at radius 3 is 2.45 bits per heavy atom. The Balaban J connectivity index is 1.46. The summed E-state index contributed by atoms with van der Waals surface area (Å²) in [5.74, 6) is -1.64. The van der Waals surface area contributed by atoms with Gasteiger partial charge < -0.3 is 13.9 Å². The predicted octanol–water partition coefficient (Wildman–Crippen LogP) is 1.80. The standard InChI is InChI=1S/C21H19NO7/c1-27-13-6-7-14-12(8-18(23)29-17(14)9-13)11-28-19(24)10-22-20(25)15-4-2-3-5-16(15)21(22)26/h2-3,6-9,15-16H,4-5,10-11H2,1H3/t15-,16-/m0/s1. The van der Waals surface area contributed by atoms with Crippen molar-refractivity contribution in [3.63, 3.8) is 0 Å². The molecule has 2 atom stereocenters. The molecule has 2 amide bonds. The van der Waals surface area contributed by atoms with Crippen molar-refractivity contribution in [2.45, 2.75) is 19.4 Å². The summed E-state index contributed by atoms with van der Waals surface area (Å²) in [6.07, 6.45) is 4.79. The molecule has 1 aliphatic carbocycles. The minimum atomic E-state index is -0.715. The molecule has 4 rings (SSSR count). The van der Waals surface area contributed by atoms with Gasteiger partial charge in [0.15, 0.2) is 0 Å². The molecule has 0 saturated carbocycles. The molecule has 1 aromatic heterocycles. The van der Waals surface area contributed by atoms with E-state index in [-0.39, 0.29) is 18.4 Å². The van der Waals surface area contributed by atoms with Gasteiger partial charge >= 0.3 is 11.6 Å². The van der Waals surface area contributed by atoms with Crippen LogP contribution in [0, 0.1) is 11.8 Å². The molecule has 2 heterocycles. The van der Waals surface area contributed by atoms with Crippen LogP contribution in [0.5, 0.6) is 5.75 Å². The average molecular weight is 397 g/mol. The third-order valence-corrected chi connectivity index (χ3v) is 5.31. The fraction of sp³-hybridized carbons (Fsp3) is 0.333. The number of carbonyl (C=O) groups excluding carboxylic acids is 3. The summed E-state index contributed by atoms with van der Waals surface area (Å²) in [6, 6.07) is 6.21. The first kappa shape index (κ1) is 18.9. The zero-order chi connectivity index (χ0) is 20.5. The number of methoxy groups -OCH3 is 1. The summed E-state index contributed by atoms with van der Waals surface area (Å²) in [5, 5.41) is 0.601. The van der Waals surface area contributed by atoms with Crippen LogP contribution < -0.4 is 10.4 Å². The average Bonchev–Trinajstić information content (AvgIpc) is 2.96. The highest BCUT2D eigenvalue weighted by Crippen LogP contribution is 2.34. The SMILES string of the molecule is COc1ccc2c(COC(=O)CN3C(=O)[C@H]4CC=CC[C@@H]4C3=O)cc(=O)oc2c1. The summed E-state index contributed by atoms with van der Waals surface area (Å²) in [7, 11) is 1.50. The van der Waals surface area contributed by atoms with Crippen molar-refractivity contribution < 1.29 is 28.3 Å². The first-order valence-corrected chi connectivity index (χ1v) is 9.24. The van der Waals surface area contributed by atoms with E-state index in [0.717, 1.165) is 4.90 Å².